The largest absolute Gasteiger partial charge is 0.478 e. The molecule has 0 saturated heterocycles. The second-order valence-electron chi connectivity index (χ2n) is 11.2. The first-order valence-corrected chi connectivity index (χ1v) is 12.6. The number of fused-ring (bicyclic) bond motifs is 5. The molecule has 0 amide bonds. The van der Waals surface area contributed by atoms with Crippen LogP contribution in [-0.4, -0.2) is 51.2 Å². The summed E-state index contributed by atoms with van der Waals surface area (Å²) in [5.41, 5.74) is -3.44. The summed E-state index contributed by atoms with van der Waals surface area (Å²) in [5, 5.41) is 21.0. The Hall–Kier alpha value is -1.73. The van der Waals surface area contributed by atoms with Crippen molar-refractivity contribution in [1.82, 2.24) is 0 Å². The van der Waals surface area contributed by atoms with Crippen LogP contribution in [0.4, 0.5) is 4.39 Å². The number of carboxylic acid groups (broad SMARTS) is 1. The molecule has 0 bridgehead atoms. The van der Waals surface area contributed by atoms with Crippen molar-refractivity contribution < 1.29 is 33.7 Å². The van der Waals surface area contributed by atoms with Gasteiger partial charge in [-0.3, -0.25) is 9.59 Å². The average molecular weight is 497 g/mol. The molecule has 4 aliphatic carbocycles. The summed E-state index contributed by atoms with van der Waals surface area (Å²) in [6.07, 6.45) is 3.74. The molecule has 4 aliphatic rings. The molecule has 3 saturated carbocycles. The highest BCUT2D eigenvalue weighted by Crippen LogP contribution is 2.69. The molecule has 0 aromatic heterocycles. The first-order valence-electron chi connectivity index (χ1n) is 12.2. The lowest BCUT2D eigenvalue weighted by molar-refractivity contribution is -0.215. The molecular weight excluding hydrogens is 463 g/mol. The fourth-order valence-corrected chi connectivity index (χ4v) is 8.23. The molecule has 2 N–H and O–H groups in total. The number of rotatable bonds is 5. The topological polar surface area (TPSA) is 101 Å². The Bertz CT molecular complexity index is 963. The first-order chi connectivity index (χ1) is 15.8. The SMILES string of the molecule is CCCC(Cl)C(=O)O[C@]1(C(=O)O)[C@@H](C)C[C@H]2[C@@H]3C[C@H](F)C4=CC(=O)C=C[C@]4(C)[C@H]3[C@@H](O)C[C@@]21C. The third-order valence-corrected chi connectivity index (χ3v) is 9.79. The minimum Gasteiger partial charge on any atom is -0.478 e. The molecule has 0 spiro atoms. The molecule has 8 heteroatoms. The third kappa shape index (κ3) is 3.33. The number of esters is 1. The van der Waals surface area contributed by atoms with Crippen molar-refractivity contribution in [2.45, 2.75) is 83.1 Å². The monoisotopic (exact) mass is 496 g/mol. The van der Waals surface area contributed by atoms with Crippen molar-refractivity contribution in [3.8, 4) is 0 Å². The highest BCUT2D eigenvalue weighted by molar-refractivity contribution is 6.30. The Balaban J connectivity index is 1.77. The van der Waals surface area contributed by atoms with Crippen molar-refractivity contribution in [2.24, 2.45) is 34.5 Å². The maximum atomic E-state index is 15.5. The summed E-state index contributed by atoms with van der Waals surface area (Å²) >= 11 is 6.20. The van der Waals surface area contributed by atoms with Crippen LogP contribution < -0.4 is 0 Å². The second-order valence-corrected chi connectivity index (χ2v) is 11.7. The standard InChI is InChI=1S/C26H34ClFO6/c1-5-6-18(27)22(31)34-26(23(32)33)13(2)9-16-15-11-19(28)17-10-14(29)7-8-24(17,3)21(15)20(30)12-25(16,26)4/h7-8,10,13,15-16,18-21,30H,5-6,9,11-12H2,1-4H3,(H,32,33)/t13-,15-,16-,18?,19-,20-,21+,24-,25-,26-/m0/s1. The van der Waals surface area contributed by atoms with Crippen molar-refractivity contribution in [3.63, 3.8) is 0 Å². The number of hydrogen-bond acceptors (Lipinski definition) is 5. The van der Waals surface area contributed by atoms with Crippen molar-refractivity contribution in [2.75, 3.05) is 0 Å². The molecule has 10 atom stereocenters. The molecule has 4 rings (SSSR count). The van der Waals surface area contributed by atoms with Gasteiger partial charge in [0.1, 0.15) is 11.5 Å². The lowest BCUT2D eigenvalue weighted by atomic mass is 9.46. The Labute approximate surface area is 204 Å². The van der Waals surface area contributed by atoms with E-state index in [0.29, 0.717) is 24.8 Å². The van der Waals surface area contributed by atoms with Gasteiger partial charge in [-0.15, -0.1) is 11.6 Å². The van der Waals surface area contributed by atoms with Crippen LogP contribution in [0.1, 0.15) is 59.8 Å². The van der Waals surface area contributed by atoms with E-state index >= 15 is 4.39 Å². The smallest absolute Gasteiger partial charge is 0.349 e. The summed E-state index contributed by atoms with van der Waals surface area (Å²) in [6, 6.07) is 0. The van der Waals surface area contributed by atoms with Gasteiger partial charge < -0.3 is 14.9 Å². The number of carbonyl (C=O) groups is 3. The minimum absolute atomic E-state index is 0.0884. The number of ketones is 1. The summed E-state index contributed by atoms with van der Waals surface area (Å²) in [7, 11) is 0. The van der Waals surface area contributed by atoms with Gasteiger partial charge in [0.05, 0.1) is 6.10 Å². The zero-order valence-corrected chi connectivity index (χ0v) is 20.8. The van der Waals surface area contributed by atoms with Crippen LogP contribution in [0.15, 0.2) is 23.8 Å². The van der Waals surface area contributed by atoms with Crippen LogP contribution in [0.25, 0.3) is 0 Å². The average Bonchev–Trinajstić information content (AvgIpc) is 2.97. The normalized spacial score (nSPS) is 46.1. The molecule has 188 valence electrons. The van der Waals surface area contributed by atoms with E-state index in [1.807, 2.05) is 13.8 Å². The maximum Gasteiger partial charge on any atom is 0.349 e. The van der Waals surface area contributed by atoms with Crippen LogP contribution in [0, 0.1) is 34.5 Å². The Morgan fingerprint density at radius 3 is 2.62 bits per heavy atom. The fourth-order valence-electron chi connectivity index (χ4n) is 7.96. The van der Waals surface area contributed by atoms with Crippen LogP contribution in [0.2, 0.25) is 0 Å². The maximum absolute atomic E-state index is 15.5. The van der Waals surface area contributed by atoms with E-state index in [0.717, 1.165) is 0 Å². The number of allylic oxidation sites excluding steroid dienone is 4. The highest BCUT2D eigenvalue weighted by atomic mass is 35.5. The summed E-state index contributed by atoms with van der Waals surface area (Å²) < 4.78 is 21.3. The van der Waals surface area contributed by atoms with Crippen LogP contribution in [-0.2, 0) is 19.1 Å². The van der Waals surface area contributed by atoms with E-state index in [1.165, 1.54) is 12.2 Å². The second kappa shape index (κ2) is 8.44. The first kappa shape index (κ1) is 25.4. The highest BCUT2D eigenvalue weighted by Gasteiger charge is 2.74. The zero-order chi connectivity index (χ0) is 25.2. The Morgan fingerprint density at radius 1 is 1.32 bits per heavy atom. The number of aliphatic hydroxyl groups excluding tert-OH is 1. The van der Waals surface area contributed by atoms with Gasteiger partial charge in [-0.1, -0.05) is 40.2 Å². The lowest BCUT2D eigenvalue weighted by Crippen LogP contribution is -2.64. The van der Waals surface area contributed by atoms with Gasteiger partial charge in [-0.25, -0.2) is 9.18 Å². The van der Waals surface area contributed by atoms with Gasteiger partial charge >= 0.3 is 11.9 Å². The van der Waals surface area contributed by atoms with Crippen molar-refractivity contribution >= 4 is 29.3 Å². The van der Waals surface area contributed by atoms with E-state index < -0.39 is 51.9 Å². The van der Waals surface area contributed by atoms with Gasteiger partial charge in [0.2, 0.25) is 5.60 Å². The van der Waals surface area contributed by atoms with Gasteiger partial charge in [-0.2, -0.15) is 0 Å². The molecule has 0 aliphatic heterocycles. The molecule has 34 heavy (non-hydrogen) atoms. The predicted octanol–water partition coefficient (Wildman–Crippen LogP) is 4.23. The number of aliphatic hydroxyl groups is 1. The van der Waals surface area contributed by atoms with Gasteiger partial charge in [0.15, 0.2) is 5.78 Å². The van der Waals surface area contributed by atoms with Crippen LogP contribution in [0.3, 0.4) is 0 Å². The predicted molar refractivity (Wildman–Crippen MR) is 124 cm³/mol. The number of alkyl halides is 2. The van der Waals surface area contributed by atoms with E-state index in [1.54, 1.807) is 19.9 Å². The number of carbonyl (C=O) groups excluding carboxylic acids is 2. The quantitative estimate of drug-likeness (QED) is 0.436. The van der Waals surface area contributed by atoms with Gasteiger partial charge in [0.25, 0.3) is 0 Å². The molecule has 3 fully saturated rings. The van der Waals surface area contributed by atoms with E-state index in [4.69, 9.17) is 16.3 Å². The number of hydrogen-bond donors (Lipinski definition) is 2. The van der Waals surface area contributed by atoms with Gasteiger partial charge in [0, 0.05) is 22.7 Å². The molecular formula is C26H34ClFO6. The third-order valence-electron chi connectivity index (χ3n) is 9.39. The number of carboxylic acids is 1. The van der Waals surface area contributed by atoms with Crippen molar-refractivity contribution in [1.29, 1.82) is 0 Å². The molecule has 0 aromatic rings. The zero-order valence-electron chi connectivity index (χ0n) is 20.1. The van der Waals surface area contributed by atoms with Crippen molar-refractivity contribution in [3.05, 3.63) is 23.8 Å². The Morgan fingerprint density at radius 2 is 2.00 bits per heavy atom. The van der Waals surface area contributed by atoms with Crippen LogP contribution >= 0.6 is 11.6 Å². The molecule has 6 nitrogen and oxygen atoms in total. The van der Waals surface area contributed by atoms with Gasteiger partial charge in [-0.05, 0) is 55.2 Å². The fraction of sp³-hybridized carbons (Fsp3) is 0.731. The number of ether oxygens (including phenoxy) is 1. The molecule has 0 aromatic carbocycles. The van der Waals surface area contributed by atoms with E-state index in [9.17, 15) is 24.6 Å². The minimum atomic E-state index is -1.87. The molecule has 0 heterocycles. The number of halogens is 2. The summed E-state index contributed by atoms with van der Waals surface area (Å²) in [6.45, 7) is 7.22. The molecule has 1 unspecified atom stereocenters. The summed E-state index contributed by atoms with van der Waals surface area (Å²) in [4.78, 5) is 37.7. The Kier molecular flexibility index (Phi) is 6.30. The van der Waals surface area contributed by atoms with E-state index in [2.05, 4.69) is 0 Å². The molecule has 0 radical (unpaired) electrons. The number of aliphatic carboxylic acids is 1. The summed E-state index contributed by atoms with van der Waals surface area (Å²) in [5.74, 6) is -3.84. The van der Waals surface area contributed by atoms with Crippen LogP contribution in [0.5, 0.6) is 0 Å². The van der Waals surface area contributed by atoms with E-state index in [-0.39, 0.29) is 36.4 Å². The lowest BCUT2D eigenvalue weighted by Gasteiger charge is -2.60.